The van der Waals surface area contributed by atoms with Crippen LogP contribution >= 0.6 is 0 Å². The van der Waals surface area contributed by atoms with E-state index in [1.54, 1.807) is 0 Å². The van der Waals surface area contributed by atoms with E-state index in [0.717, 1.165) is 68.5 Å². The van der Waals surface area contributed by atoms with Crippen LogP contribution in [0.4, 0.5) is 0 Å². The first-order valence-electron chi connectivity index (χ1n) is 16.8. The summed E-state index contributed by atoms with van der Waals surface area (Å²) in [6.07, 6.45) is 11.9. The van der Waals surface area contributed by atoms with Gasteiger partial charge in [-0.15, -0.1) is 0 Å². The van der Waals surface area contributed by atoms with Gasteiger partial charge in [0.05, 0.1) is 19.3 Å². The standard InChI is InChI=1S/C37H54O4Si/c1-34(2,42(39,32-13-7-5-8-14-32)33-15-9-6-10-16-33)20-11-12-28-27-31(38)19-21-35(28,3)29-17-22-36(4)30(26-29)18-23-37(36)40-24-25-41-37/h5-10,13-16,28-31,38-39H,11-12,17-27H2,1-4H3/t28-,29?,30?,31-,35-,36-/m0/s1. The quantitative estimate of drug-likeness (QED) is 0.332. The molecule has 42 heavy (non-hydrogen) atoms. The monoisotopic (exact) mass is 590 g/mol. The van der Waals surface area contributed by atoms with Crippen molar-refractivity contribution in [1.29, 1.82) is 0 Å². The van der Waals surface area contributed by atoms with Crippen LogP contribution in [0.25, 0.3) is 0 Å². The molecule has 1 heterocycles. The van der Waals surface area contributed by atoms with Crippen LogP contribution in [0.15, 0.2) is 60.7 Å². The molecule has 3 aliphatic carbocycles. The minimum atomic E-state index is -3.01. The Morgan fingerprint density at radius 1 is 0.810 bits per heavy atom. The molecule has 1 spiro atoms. The molecule has 2 N–H and O–H groups in total. The maximum Gasteiger partial charge on any atom is 0.258 e. The predicted molar refractivity (Wildman–Crippen MR) is 172 cm³/mol. The molecule has 0 amide bonds. The summed E-state index contributed by atoms with van der Waals surface area (Å²) in [5, 5.41) is 12.8. The third-order valence-corrected chi connectivity index (χ3v) is 17.6. The van der Waals surface area contributed by atoms with Gasteiger partial charge in [0.1, 0.15) is 0 Å². The molecule has 4 nitrogen and oxygen atoms in total. The summed E-state index contributed by atoms with van der Waals surface area (Å²) in [5.74, 6) is 1.53. The fourth-order valence-electron chi connectivity index (χ4n) is 10.2. The summed E-state index contributed by atoms with van der Waals surface area (Å²) in [6, 6.07) is 20.8. The van der Waals surface area contributed by atoms with Gasteiger partial charge >= 0.3 is 0 Å². The Hall–Kier alpha value is -1.50. The largest absolute Gasteiger partial charge is 0.424 e. The van der Waals surface area contributed by atoms with Crippen molar-refractivity contribution in [2.45, 2.75) is 115 Å². The second-order valence-electron chi connectivity index (χ2n) is 15.4. The van der Waals surface area contributed by atoms with Gasteiger partial charge in [0.2, 0.25) is 0 Å². The van der Waals surface area contributed by atoms with Crippen LogP contribution < -0.4 is 10.4 Å². The summed E-state index contributed by atoms with van der Waals surface area (Å²) >= 11 is 0. The number of aliphatic hydroxyl groups excluding tert-OH is 1. The fourth-order valence-corrected chi connectivity index (χ4v) is 14.0. The first-order chi connectivity index (χ1) is 20.0. The average Bonchev–Trinajstić information content (AvgIpc) is 3.60. The Morgan fingerprint density at radius 2 is 1.40 bits per heavy atom. The summed E-state index contributed by atoms with van der Waals surface area (Å²) < 4.78 is 12.6. The van der Waals surface area contributed by atoms with Crippen molar-refractivity contribution in [3.8, 4) is 0 Å². The van der Waals surface area contributed by atoms with E-state index in [9.17, 15) is 9.90 Å². The molecule has 4 aliphatic rings. The van der Waals surface area contributed by atoms with Gasteiger partial charge in [0, 0.05) is 11.8 Å². The number of ether oxygens (including phenoxy) is 2. The molecule has 3 saturated carbocycles. The van der Waals surface area contributed by atoms with Crippen molar-refractivity contribution in [2.75, 3.05) is 13.2 Å². The normalized spacial score (nSPS) is 34.9. The molecule has 2 aromatic rings. The zero-order valence-corrected chi connectivity index (χ0v) is 27.5. The first kappa shape index (κ1) is 30.5. The van der Waals surface area contributed by atoms with E-state index in [4.69, 9.17) is 9.47 Å². The Balaban J connectivity index is 1.18. The second-order valence-corrected chi connectivity index (χ2v) is 19.4. The summed E-state index contributed by atoms with van der Waals surface area (Å²) in [7, 11) is -3.01. The van der Waals surface area contributed by atoms with Crippen molar-refractivity contribution < 1.29 is 19.4 Å². The van der Waals surface area contributed by atoms with Crippen molar-refractivity contribution in [1.82, 2.24) is 0 Å². The van der Waals surface area contributed by atoms with E-state index >= 15 is 0 Å². The van der Waals surface area contributed by atoms with E-state index < -0.39 is 8.32 Å². The van der Waals surface area contributed by atoms with Gasteiger partial charge in [0.15, 0.2) is 5.79 Å². The highest BCUT2D eigenvalue weighted by molar-refractivity contribution is 6.98. The Labute approximate surface area is 255 Å². The number of fused-ring (bicyclic) bond motifs is 2. The van der Waals surface area contributed by atoms with Crippen LogP contribution in [-0.2, 0) is 9.47 Å². The fraction of sp³-hybridized carbons (Fsp3) is 0.676. The lowest BCUT2D eigenvalue weighted by Gasteiger charge is -2.55. The van der Waals surface area contributed by atoms with Gasteiger partial charge < -0.3 is 19.4 Å². The molecular formula is C37H54O4Si. The molecule has 0 radical (unpaired) electrons. The lowest BCUT2D eigenvalue weighted by molar-refractivity contribution is -0.236. The highest BCUT2D eigenvalue weighted by Gasteiger charge is 2.63. The van der Waals surface area contributed by atoms with Crippen molar-refractivity contribution in [3.63, 3.8) is 0 Å². The number of hydrogen-bond donors (Lipinski definition) is 2. The van der Waals surface area contributed by atoms with Gasteiger partial charge in [-0.3, -0.25) is 0 Å². The maximum absolute atomic E-state index is 12.6. The number of aliphatic hydroxyl groups is 1. The molecule has 6 atom stereocenters. The molecule has 5 heteroatoms. The Bertz CT molecular complexity index is 1160. The molecule has 6 rings (SSSR count). The topological polar surface area (TPSA) is 58.9 Å². The zero-order valence-electron chi connectivity index (χ0n) is 26.5. The molecule has 1 saturated heterocycles. The lowest BCUT2D eigenvalue weighted by Crippen LogP contribution is -2.65. The van der Waals surface area contributed by atoms with Crippen molar-refractivity contribution in [2.24, 2.45) is 28.6 Å². The van der Waals surface area contributed by atoms with Gasteiger partial charge in [0.25, 0.3) is 8.32 Å². The average molecular weight is 591 g/mol. The van der Waals surface area contributed by atoms with Gasteiger partial charge in [-0.1, -0.05) is 94.8 Å². The van der Waals surface area contributed by atoms with Crippen molar-refractivity contribution >= 4 is 18.7 Å². The molecule has 230 valence electrons. The van der Waals surface area contributed by atoms with Crippen LogP contribution in [0.1, 0.15) is 98.3 Å². The third-order valence-electron chi connectivity index (χ3n) is 13.1. The van der Waals surface area contributed by atoms with Crippen LogP contribution in [0.5, 0.6) is 0 Å². The van der Waals surface area contributed by atoms with Crippen LogP contribution in [0.3, 0.4) is 0 Å². The molecule has 0 aromatic heterocycles. The third kappa shape index (κ3) is 4.96. The highest BCUT2D eigenvalue weighted by atomic mass is 28.4. The first-order valence-corrected chi connectivity index (χ1v) is 18.8. The Morgan fingerprint density at radius 3 is 2.02 bits per heavy atom. The van der Waals surface area contributed by atoms with E-state index in [-0.39, 0.29) is 27.8 Å². The predicted octanol–water partition coefficient (Wildman–Crippen LogP) is 6.82. The van der Waals surface area contributed by atoms with Crippen LogP contribution in [-0.4, -0.2) is 43.3 Å². The van der Waals surface area contributed by atoms with E-state index in [0.29, 0.717) is 17.8 Å². The lowest BCUT2D eigenvalue weighted by atomic mass is 9.52. The minimum absolute atomic E-state index is 0.133. The maximum atomic E-state index is 12.6. The molecular weight excluding hydrogens is 536 g/mol. The summed E-state index contributed by atoms with van der Waals surface area (Å²) in [5.41, 5.74) is 0.387. The van der Waals surface area contributed by atoms with E-state index in [1.807, 2.05) is 12.1 Å². The molecule has 2 unspecified atom stereocenters. The molecule has 1 aliphatic heterocycles. The minimum Gasteiger partial charge on any atom is -0.424 e. The van der Waals surface area contributed by atoms with Crippen LogP contribution in [0, 0.1) is 28.6 Å². The molecule has 2 aromatic carbocycles. The summed E-state index contributed by atoms with van der Waals surface area (Å²) in [6.45, 7) is 11.1. The Kier molecular flexibility index (Phi) is 8.32. The van der Waals surface area contributed by atoms with Crippen molar-refractivity contribution in [3.05, 3.63) is 60.7 Å². The second kappa shape index (κ2) is 11.5. The smallest absolute Gasteiger partial charge is 0.258 e. The zero-order chi connectivity index (χ0) is 29.6. The molecule has 0 bridgehead atoms. The van der Waals surface area contributed by atoms with E-state index in [2.05, 4.69) is 76.2 Å². The summed E-state index contributed by atoms with van der Waals surface area (Å²) in [4.78, 5) is 12.6. The van der Waals surface area contributed by atoms with Gasteiger partial charge in [-0.05, 0) is 96.4 Å². The van der Waals surface area contributed by atoms with Gasteiger partial charge in [-0.25, -0.2) is 0 Å². The highest BCUT2D eigenvalue weighted by Crippen LogP contribution is 2.65. The van der Waals surface area contributed by atoms with Gasteiger partial charge in [-0.2, -0.15) is 0 Å². The SMILES string of the molecule is CC(C)(CCC[C@H]1C[C@@H](O)CC[C@]1(C)C1CC[C@@]2(C)C(CCC23OCCO3)C1)[Si](O)(c1ccccc1)c1ccccc1. The number of hydrogen-bond acceptors (Lipinski definition) is 4. The van der Waals surface area contributed by atoms with E-state index in [1.165, 1.54) is 25.7 Å². The number of rotatable bonds is 8. The van der Waals surface area contributed by atoms with Crippen LogP contribution in [0.2, 0.25) is 5.04 Å². The molecule has 4 fully saturated rings. The number of benzene rings is 2.